The molecule has 0 aliphatic carbocycles. The minimum atomic E-state index is -0.838. The topological polar surface area (TPSA) is 52.3 Å². The molecule has 0 spiro atoms. The van der Waals surface area contributed by atoms with Gasteiger partial charge in [-0.05, 0) is 24.6 Å². The predicted octanol–water partition coefficient (Wildman–Crippen LogP) is 2.31. The summed E-state index contributed by atoms with van der Waals surface area (Å²) >= 11 is 5.67. The lowest BCUT2D eigenvalue weighted by atomic mass is 10.1. The summed E-state index contributed by atoms with van der Waals surface area (Å²) < 4.78 is 4.66. The molecular weight excluding hydrogens is 190 g/mol. The van der Waals surface area contributed by atoms with Gasteiger partial charge in [0, 0.05) is 5.02 Å². The third kappa shape index (κ3) is 2.95. The van der Waals surface area contributed by atoms with E-state index in [9.17, 15) is 4.79 Å². The van der Waals surface area contributed by atoms with Crippen LogP contribution in [0.25, 0.3) is 0 Å². The summed E-state index contributed by atoms with van der Waals surface area (Å²) in [5.41, 5.74) is 5.59. The Hall–Kier alpha value is -1.22. The molecule has 1 aromatic carbocycles. The van der Waals surface area contributed by atoms with Crippen LogP contribution in [0.4, 0.5) is 4.79 Å². The number of carbonyl (C=O) groups excluding carboxylic acids is 1. The molecule has 0 heterocycles. The summed E-state index contributed by atoms with van der Waals surface area (Å²) in [5, 5.41) is 0.620. The Morgan fingerprint density at radius 2 is 2.00 bits per heavy atom. The Labute approximate surface area is 81.4 Å². The zero-order chi connectivity index (χ0) is 9.84. The number of amides is 1. The Bertz CT molecular complexity index is 297. The van der Waals surface area contributed by atoms with Crippen LogP contribution in [-0.4, -0.2) is 6.09 Å². The van der Waals surface area contributed by atoms with Gasteiger partial charge in [0.25, 0.3) is 0 Å². The molecule has 0 saturated carbocycles. The van der Waals surface area contributed by atoms with Crippen LogP contribution < -0.4 is 5.73 Å². The molecule has 13 heavy (non-hydrogen) atoms. The Morgan fingerprint density at radius 3 is 2.46 bits per heavy atom. The molecule has 0 aliphatic rings. The summed E-state index contributed by atoms with van der Waals surface area (Å²) in [6.07, 6.45) is -1.43. The molecule has 3 nitrogen and oxygen atoms in total. The monoisotopic (exact) mass is 198 g/mol. The Kier molecular flexibility index (Phi) is 3.14. The van der Waals surface area contributed by atoms with Crippen molar-refractivity contribution in [2.45, 2.75) is 6.10 Å². The van der Waals surface area contributed by atoms with Gasteiger partial charge in [-0.25, -0.2) is 4.79 Å². The first kappa shape index (κ1) is 9.86. The third-order valence-corrected chi connectivity index (χ3v) is 1.75. The van der Waals surface area contributed by atoms with Crippen LogP contribution in [0.3, 0.4) is 0 Å². The molecule has 0 fully saturated rings. The first-order valence-electron chi connectivity index (χ1n) is 3.64. The second-order valence-corrected chi connectivity index (χ2v) is 2.91. The molecule has 69 valence electrons. The van der Waals surface area contributed by atoms with Crippen molar-refractivity contribution in [3.8, 4) is 0 Å². The molecule has 0 aliphatic heterocycles. The smallest absolute Gasteiger partial charge is 0.405 e. The van der Waals surface area contributed by atoms with Crippen LogP contribution in [0.15, 0.2) is 24.3 Å². The van der Waals surface area contributed by atoms with E-state index in [1.165, 1.54) is 0 Å². The molecule has 1 atom stereocenters. The predicted molar refractivity (Wildman–Crippen MR) is 50.2 cm³/mol. The van der Waals surface area contributed by atoms with Crippen molar-refractivity contribution in [1.29, 1.82) is 0 Å². The molecule has 1 unspecified atom stereocenters. The van der Waals surface area contributed by atoms with Crippen LogP contribution in [-0.2, 0) is 4.74 Å². The highest BCUT2D eigenvalue weighted by molar-refractivity contribution is 6.30. The van der Waals surface area contributed by atoms with Crippen LogP contribution in [0, 0.1) is 6.92 Å². The van der Waals surface area contributed by atoms with E-state index in [1.807, 2.05) is 0 Å². The van der Waals surface area contributed by atoms with Gasteiger partial charge in [0.15, 0.2) is 0 Å². The van der Waals surface area contributed by atoms with E-state index in [2.05, 4.69) is 11.7 Å². The van der Waals surface area contributed by atoms with E-state index in [4.69, 9.17) is 17.3 Å². The van der Waals surface area contributed by atoms with Gasteiger partial charge in [0.05, 0.1) is 0 Å². The molecule has 1 amide bonds. The third-order valence-electron chi connectivity index (χ3n) is 1.50. The lowest BCUT2D eigenvalue weighted by molar-refractivity contribution is 0.128. The van der Waals surface area contributed by atoms with Crippen molar-refractivity contribution in [2.24, 2.45) is 5.73 Å². The summed E-state index contributed by atoms with van der Waals surface area (Å²) in [4.78, 5) is 10.4. The molecular formula is C9H9ClNO2. The molecule has 0 saturated heterocycles. The van der Waals surface area contributed by atoms with Gasteiger partial charge in [-0.15, -0.1) is 0 Å². The second-order valence-electron chi connectivity index (χ2n) is 2.48. The zero-order valence-electron chi connectivity index (χ0n) is 6.87. The van der Waals surface area contributed by atoms with E-state index in [0.717, 1.165) is 5.56 Å². The van der Waals surface area contributed by atoms with Crippen molar-refractivity contribution < 1.29 is 9.53 Å². The van der Waals surface area contributed by atoms with Crippen molar-refractivity contribution in [2.75, 3.05) is 0 Å². The molecule has 1 radical (unpaired) electrons. The quantitative estimate of drug-likeness (QED) is 0.793. The highest BCUT2D eigenvalue weighted by Gasteiger charge is 2.08. The zero-order valence-corrected chi connectivity index (χ0v) is 7.62. The molecule has 1 rings (SSSR count). The number of nitrogens with two attached hydrogens (primary N) is 1. The van der Waals surface area contributed by atoms with E-state index in [0.29, 0.717) is 5.02 Å². The molecule has 2 N–H and O–H groups in total. The van der Waals surface area contributed by atoms with Crippen LogP contribution in [0.5, 0.6) is 0 Å². The number of halogens is 1. The summed E-state index contributed by atoms with van der Waals surface area (Å²) in [6.45, 7) is 3.61. The summed E-state index contributed by atoms with van der Waals surface area (Å²) in [5.74, 6) is 0. The number of primary amides is 1. The average molecular weight is 199 g/mol. The molecule has 4 heteroatoms. The molecule has 1 aromatic rings. The first-order valence-corrected chi connectivity index (χ1v) is 4.02. The normalized spacial score (nSPS) is 12.2. The lowest BCUT2D eigenvalue weighted by Gasteiger charge is -2.10. The van der Waals surface area contributed by atoms with Gasteiger partial charge >= 0.3 is 6.09 Å². The molecule has 0 aromatic heterocycles. The maximum Gasteiger partial charge on any atom is 0.405 e. The van der Waals surface area contributed by atoms with E-state index in [1.54, 1.807) is 24.3 Å². The van der Waals surface area contributed by atoms with Crippen molar-refractivity contribution in [1.82, 2.24) is 0 Å². The van der Waals surface area contributed by atoms with Crippen LogP contribution in [0.2, 0.25) is 5.02 Å². The van der Waals surface area contributed by atoms with Crippen molar-refractivity contribution >= 4 is 17.7 Å². The van der Waals surface area contributed by atoms with Gasteiger partial charge in [0.2, 0.25) is 0 Å². The number of ether oxygens (including phenoxy) is 1. The number of benzene rings is 1. The maximum absolute atomic E-state index is 10.4. The fourth-order valence-corrected chi connectivity index (χ4v) is 1.01. The molecule has 0 bridgehead atoms. The number of hydrogen-bond acceptors (Lipinski definition) is 2. The van der Waals surface area contributed by atoms with E-state index >= 15 is 0 Å². The fraction of sp³-hybridized carbons (Fsp3) is 0.111. The van der Waals surface area contributed by atoms with Gasteiger partial charge in [-0.2, -0.15) is 0 Å². The second kappa shape index (κ2) is 4.14. The SMILES string of the molecule is [CH2]C(OC(N)=O)c1ccc(Cl)cc1. The first-order chi connectivity index (χ1) is 6.09. The average Bonchev–Trinajstić information content (AvgIpc) is 2.04. The van der Waals surface area contributed by atoms with E-state index < -0.39 is 12.2 Å². The lowest BCUT2D eigenvalue weighted by Crippen LogP contribution is -2.15. The highest BCUT2D eigenvalue weighted by atomic mass is 35.5. The standard InChI is InChI=1S/C9H9ClNO2/c1-6(13-9(11)12)7-2-4-8(10)5-3-7/h2-6H,1H2,(H2,11,12). The highest BCUT2D eigenvalue weighted by Crippen LogP contribution is 2.18. The Morgan fingerprint density at radius 1 is 1.46 bits per heavy atom. The van der Waals surface area contributed by atoms with Gasteiger partial charge in [0.1, 0.15) is 6.10 Å². The summed E-state index contributed by atoms with van der Waals surface area (Å²) in [7, 11) is 0. The Balaban J connectivity index is 2.71. The fourth-order valence-electron chi connectivity index (χ4n) is 0.886. The van der Waals surface area contributed by atoms with Gasteiger partial charge < -0.3 is 10.5 Å². The maximum atomic E-state index is 10.4. The van der Waals surface area contributed by atoms with E-state index in [-0.39, 0.29) is 0 Å². The number of rotatable bonds is 2. The summed E-state index contributed by atoms with van der Waals surface area (Å²) in [6, 6.07) is 6.84. The van der Waals surface area contributed by atoms with Gasteiger partial charge in [-0.3, -0.25) is 0 Å². The van der Waals surface area contributed by atoms with Gasteiger partial charge in [-0.1, -0.05) is 23.7 Å². The number of hydrogen-bond donors (Lipinski definition) is 1. The number of carbonyl (C=O) groups is 1. The van der Waals surface area contributed by atoms with Crippen molar-refractivity contribution in [3.05, 3.63) is 41.8 Å². The largest absolute Gasteiger partial charge is 0.442 e. The minimum absolute atomic E-state index is 0.588. The van der Waals surface area contributed by atoms with Crippen LogP contribution in [0.1, 0.15) is 11.7 Å². The van der Waals surface area contributed by atoms with Crippen LogP contribution >= 0.6 is 11.6 Å². The van der Waals surface area contributed by atoms with Crippen molar-refractivity contribution in [3.63, 3.8) is 0 Å². The minimum Gasteiger partial charge on any atom is -0.442 e.